The maximum absolute atomic E-state index is 14.1. The molecule has 4 rings (SSSR count). The molecule has 36 heavy (non-hydrogen) atoms. The molecule has 2 bridgehead atoms. The summed E-state index contributed by atoms with van der Waals surface area (Å²) < 4.78 is 85.8. The highest BCUT2D eigenvalue weighted by molar-refractivity contribution is 7.17. The minimum Gasteiger partial charge on any atom is -0.461 e. The number of thiazole rings is 1. The van der Waals surface area contributed by atoms with Crippen molar-refractivity contribution in [3.05, 3.63) is 28.5 Å². The average Bonchev–Trinajstić information content (AvgIpc) is 3.52. The van der Waals surface area contributed by atoms with Gasteiger partial charge in [-0.25, -0.2) is 14.8 Å². The molecule has 1 N–H and O–H groups in total. The van der Waals surface area contributed by atoms with Crippen molar-refractivity contribution in [2.24, 2.45) is 0 Å². The number of hydrogen-bond donors (Lipinski definition) is 1. The van der Waals surface area contributed by atoms with Gasteiger partial charge in [-0.3, -0.25) is 4.79 Å². The molecule has 1 amide bonds. The van der Waals surface area contributed by atoms with Gasteiger partial charge in [0.05, 0.1) is 17.0 Å². The fourth-order valence-corrected chi connectivity index (χ4v) is 5.52. The number of hydrogen-bond acceptors (Lipinski definition) is 7. The highest BCUT2D eigenvalue weighted by atomic mass is 32.1. The van der Waals surface area contributed by atoms with Gasteiger partial charge in [-0.2, -0.15) is 26.3 Å². The molecule has 0 aromatic carbocycles. The quantitative estimate of drug-likeness (QED) is 0.386. The van der Waals surface area contributed by atoms with E-state index < -0.39 is 47.2 Å². The van der Waals surface area contributed by atoms with Gasteiger partial charge in [-0.15, -0.1) is 11.3 Å². The first-order chi connectivity index (χ1) is 16.8. The molecule has 7 nitrogen and oxygen atoms in total. The Kier molecular flexibility index (Phi) is 6.92. The number of amides is 1. The van der Waals surface area contributed by atoms with Crippen molar-refractivity contribution in [2.45, 2.75) is 70.0 Å². The second kappa shape index (κ2) is 9.52. The van der Waals surface area contributed by atoms with Gasteiger partial charge in [0.25, 0.3) is 5.91 Å². The van der Waals surface area contributed by atoms with Crippen molar-refractivity contribution in [3.8, 4) is 10.4 Å². The van der Waals surface area contributed by atoms with E-state index in [4.69, 9.17) is 4.74 Å². The Morgan fingerprint density at radius 3 is 2.31 bits per heavy atom. The Bertz CT molecular complexity index is 1150. The Labute approximate surface area is 205 Å². The van der Waals surface area contributed by atoms with Crippen LogP contribution in [-0.4, -0.2) is 57.7 Å². The summed E-state index contributed by atoms with van der Waals surface area (Å²) in [6, 6.07) is -1.81. The van der Waals surface area contributed by atoms with E-state index in [1.54, 1.807) is 11.8 Å². The fraction of sp³-hybridized carbons (Fsp3) is 0.545. The van der Waals surface area contributed by atoms with Crippen molar-refractivity contribution in [3.63, 3.8) is 0 Å². The number of rotatable bonds is 6. The Balaban J connectivity index is 1.81. The standard InChI is InChI=1S/C22H22F6N4O3S/c1-3-35-20(34)18-31-16(19(33)32-11-4-5-12(32)7-6-11)17(36-18)13-9-29-15(8-14(13)22(26,27)28)30-10(2)21(23,24)25/h8-12H,3-7H2,1-2H3,(H,29,30)/t10-,11-,12+/m0/s1. The molecule has 2 aliphatic heterocycles. The molecule has 4 heterocycles. The third kappa shape index (κ3) is 5.00. The number of pyridine rings is 1. The lowest BCUT2D eigenvalue weighted by molar-refractivity contribution is -0.138. The summed E-state index contributed by atoms with van der Waals surface area (Å²) in [5, 5.41) is 1.61. The van der Waals surface area contributed by atoms with Crippen LogP contribution in [0.25, 0.3) is 10.4 Å². The Morgan fingerprint density at radius 2 is 1.78 bits per heavy atom. The number of ether oxygens (including phenoxy) is 1. The predicted molar refractivity (Wildman–Crippen MR) is 118 cm³/mol. The first-order valence-corrected chi connectivity index (χ1v) is 12.0. The summed E-state index contributed by atoms with van der Waals surface area (Å²) in [5.74, 6) is -2.13. The van der Waals surface area contributed by atoms with Crippen molar-refractivity contribution >= 4 is 29.0 Å². The van der Waals surface area contributed by atoms with Crippen LogP contribution in [0.3, 0.4) is 0 Å². The van der Waals surface area contributed by atoms with Crippen LogP contribution in [0.4, 0.5) is 32.2 Å². The SMILES string of the molecule is CCOC(=O)c1nc(C(=O)N2[C@H]3CC[C@@H]2CC3)c(-c2cnc(N[C@@H](C)C(F)(F)F)cc2C(F)(F)F)s1. The van der Waals surface area contributed by atoms with Crippen LogP contribution in [0.5, 0.6) is 0 Å². The number of nitrogens with zero attached hydrogens (tertiary/aromatic N) is 3. The van der Waals surface area contributed by atoms with Crippen molar-refractivity contribution in [1.29, 1.82) is 0 Å². The summed E-state index contributed by atoms with van der Waals surface area (Å²) in [6.45, 7) is 2.28. The number of carbonyl (C=O) groups is 2. The molecule has 0 unspecified atom stereocenters. The van der Waals surface area contributed by atoms with Gasteiger partial charge in [0.15, 0.2) is 0 Å². The number of aromatic nitrogens is 2. The van der Waals surface area contributed by atoms with Crippen molar-refractivity contribution in [1.82, 2.24) is 14.9 Å². The molecule has 0 spiro atoms. The zero-order valence-electron chi connectivity index (χ0n) is 19.2. The van der Waals surface area contributed by atoms with Gasteiger partial charge in [-0.1, -0.05) is 0 Å². The molecule has 14 heteroatoms. The second-order valence-corrected chi connectivity index (χ2v) is 9.61. The maximum Gasteiger partial charge on any atom is 0.417 e. The lowest BCUT2D eigenvalue weighted by Crippen LogP contribution is -2.35. The number of nitrogens with one attached hydrogen (secondary N) is 1. The highest BCUT2D eigenvalue weighted by Gasteiger charge is 2.45. The molecule has 1 atom stereocenters. The zero-order valence-corrected chi connectivity index (χ0v) is 20.0. The normalized spacial score (nSPS) is 20.5. The number of esters is 1. The van der Waals surface area contributed by atoms with E-state index in [1.165, 1.54) is 0 Å². The molecule has 196 valence electrons. The average molecular weight is 536 g/mol. The molecular formula is C22H22F6N4O3S. The van der Waals surface area contributed by atoms with E-state index in [9.17, 15) is 35.9 Å². The molecule has 2 aromatic heterocycles. The Hall–Kier alpha value is -2.90. The smallest absolute Gasteiger partial charge is 0.417 e. The van der Waals surface area contributed by atoms with Gasteiger partial charge in [0.1, 0.15) is 17.6 Å². The van der Waals surface area contributed by atoms with Crippen LogP contribution in [0.1, 0.15) is 65.4 Å². The molecule has 2 fully saturated rings. The number of alkyl halides is 6. The summed E-state index contributed by atoms with van der Waals surface area (Å²) in [6.07, 6.45) is -5.88. The Morgan fingerprint density at radius 1 is 1.17 bits per heavy atom. The zero-order chi connectivity index (χ0) is 26.4. The van der Waals surface area contributed by atoms with E-state index >= 15 is 0 Å². The van der Waals surface area contributed by atoms with E-state index in [0.29, 0.717) is 17.4 Å². The van der Waals surface area contributed by atoms with Crippen LogP contribution in [0, 0.1) is 0 Å². The first kappa shape index (κ1) is 26.2. The van der Waals surface area contributed by atoms with Crippen molar-refractivity contribution < 1.29 is 40.7 Å². The van der Waals surface area contributed by atoms with Gasteiger partial charge < -0.3 is 15.0 Å². The number of halogens is 6. The molecular weight excluding hydrogens is 514 g/mol. The monoisotopic (exact) mass is 536 g/mol. The largest absolute Gasteiger partial charge is 0.461 e. The molecule has 2 saturated heterocycles. The highest BCUT2D eigenvalue weighted by Crippen LogP contribution is 2.44. The van der Waals surface area contributed by atoms with E-state index in [-0.39, 0.29) is 34.3 Å². The minimum atomic E-state index is -5.00. The third-order valence-electron chi connectivity index (χ3n) is 6.28. The molecule has 0 radical (unpaired) electrons. The first-order valence-electron chi connectivity index (χ1n) is 11.2. The molecule has 0 saturated carbocycles. The molecule has 2 aliphatic rings. The van der Waals surface area contributed by atoms with E-state index in [2.05, 4.69) is 9.97 Å². The summed E-state index contributed by atoms with van der Waals surface area (Å²) in [4.78, 5) is 34.9. The van der Waals surface area contributed by atoms with E-state index in [1.807, 2.05) is 5.32 Å². The summed E-state index contributed by atoms with van der Waals surface area (Å²) in [5.41, 5.74) is -2.21. The minimum absolute atomic E-state index is 0.0135. The third-order valence-corrected chi connectivity index (χ3v) is 7.35. The van der Waals surface area contributed by atoms with Crippen LogP contribution in [0.2, 0.25) is 0 Å². The maximum atomic E-state index is 14.1. The fourth-order valence-electron chi connectivity index (χ4n) is 4.55. The lowest BCUT2D eigenvalue weighted by Gasteiger charge is -2.22. The van der Waals surface area contributed by atoms with Gasteiger partial charge >= 0.3 is 18.3 Å². The van der Waals surface area contributed by atoms with Crippen LogP contribution in [-0.2, 0) is 10.9 Å². The van der Waals surface area contributed by atoms with Crippen LogP contribution >= 0.6 is 11.3 Å². The van der Waals surface area contributed by atoms with Crippen molar-refractivity contribution in [2.75, 3.05) is 11.9 Å². The molecule has 0 aliphatic carbocycles. The number of carbonyl (C=O) groups excluding carboxylic acids is 2. The topological polar surface area (TPSA) is 84.4 Å². The predicted octanol–water partition coefficient (Wildman–Crippen LogP) is 5.53. The van der Waals surface area contributed by atoms with Crippen LogP contribution in [0.15, 0.2) is 12.3 Å². The van der Waals surface area contributed by atoms with E-state index in [0.717, 1.165) is 38.8 Å². The summed E-state index contributed by atoms with van der Waals surface area (Å²) in [7, 11) is 0. The lowest BCUT2D eigenvalue weighted by atomic mass is 10.0. The molecule has 2 aromatic rings. The second-order valence-electron chi connectivity index (χ2n) is 8.61. The van der Waals surface area contributed by atoms with Crippen LogP contribution < -0.4 is 5.32 Å². The summed E-state index contributed by atoms with van der Waals surface area (Å²) >= 11 is 0.551. The number of fused-ring (bicyclic) bond motifs is 2. The van der Waals surface area contributed by atoms with Gasteiger partial charge in [0, 0.05) is 23.8 Å². The van der Waals surface area contributed by atoms with Gasteiger partial charge in [-0.05, 0) is 45.6 Å². The van der Waals surface area contributed by atoms with Gasteiger partial charge in [0.2, 0.25) is 5.01 Å². The number of anilines is 1.